The summed E-state index contributed by atoms with van der Waals surface area (Å²) in [6.07, 6.45) is 0.672. The first kappa shape index (κ1) is 14.2. The highest BCUT2D eigenvalue weighted by Gasteiger charge is 2.39. The summed E-state index contributed by atoms with van der Waals surface area (Å²) in [5, 5.41) is 1.32. The smallest absolute Gasteiger partial charge is 0.225 e. The molecule has 0 unspecified atom stereocenters. The van der Waals surface area contributed by atoms with Crippen molar-refractivity contribution in [3.8, 4) is 0 Å². The maximum atomic E-state index is 12.0. The lowest BCUT2D eigenvalue weighted by Crippen LogP contribution is -2.42. The normalized spacial score (nSPS) is 26.4. The van der Waals surface area contributed by atoms with E-state index in [4.69, 9.17) is 4.74 Å². The van der Waals surface area contributed by atoms with Crippen LogP contribution < -0.4 is 0 Å². The van der Waals surface area contributed by atoms with Gasteiger partial charge in [0.05, 0.1) is 25.2 Å². The first-order valence-electron chi connectivity index (χ1n) is 7.78. The van der Waals surface area contributed by atoms with E-state index in [0.29, 0.717) is 13.0 Å². The van der Waals surface area contributed by atoms with Crippen LogP contribution in [-0.4, -0.2) is 54.6 Å². The fourth-order valence-electron chi connectivity index (χ4n) is 3.49. The van der Waals surface area contributed by atoms with Gasteiger partial charge in [-0.25, -0.2) is 0 Å². The van der Waals surface area contributed by atoms with Crippen molar-refractivity contribution < 1.29 is 9.53 Å². The molecule has 0 saturated carbocycles. The Morgan fingerprint density at radius 1 is 1.32 bits per heavy atom. The maximum absolute atomic E-state index is 12.0. The highest BCUT2D eigenvalue weighted by Crippen LogP contribution is 2.29. The Kier molecular flexibility index (Phi) is 3.64. The zero-order valence-electron chi connectivity index (χ0n) is 12.7. The Hall–Kier alpha value is -1.43. The average molecular weight is 316 g/mol. The van der Waals surface area contributed by atoms with E-state index in [2.05, 4.69) is 35.2 Å². The Bertz CT molecular complexity index is 666. The SMILES string of the molecule is CN1C(=O)CCO[C@H]2CN(Cc3cc4ccccc4s3)C[C@@H]21. The van der Waals surface area contributed by atoms with Gasteiger partial charge in [-0.1, -0.05) is 18.2 Å². The first-order chi connectivity index (χ1) is 10.7. The minimum atomic E-state index is 0.158. The summed E-state index contributed by atoms with van der Waals surface area (Å²) in [7, 11) is 1.91. The minimum absolute atomic E-state index is 0.158. The number of likely N-dealkylation sites (N-methyl/N-ethyl adjacent to an activating group) is 1. The van der Waals surface area contributed by atoms with Gasteiger partial charge in [-0.15, -0.1) is 11.3 Å². The van der Waals surface area contributed by atoms with Gasteiger partial charge in [0.25, 0.3) is 0 Å². The molecule has 2 atom stereocenters. The fourth-order valence-corrected chi connectivity index (χ4v) is 4.60. The Balaban J connectivity index is 1.49. The number of nitrogens with zero attached hydrogens (tertiary/aromatic N) is 2. The quantitative estimate of drug-likeness (QED) is 0.852. The van der Waals surface area contributed by atoms with Crippen LogP contribution in [0.2, 0.25) is 0 Å². The van der Waals surface area contributed by atoms with Crippen LogP contribution in [0.4, 0.5) is 0 Å². The molecule has 22 heavy (non-hydrogen) atoms. The Labute approximate surface area is 134 Å². The molecule has 5 heteroatoms. The number of ether oxygens (including phenoxy) is 1. The van der Waals surface area contributed by atoms with Gasteiger partial charge in [0, 0.05) is 36.3 Å². The molecule has 3 heterocycles. The lowest BCUT2D eigenvalue weighted by Gasteiger charge is -2.25. The second kappa shape index (κ2) is 5.65. The van der Waals surface area contributed by atoms with Crippen molar-refractivity contribution in [2.45, 2.75) is 25.1 Å². The summed E-state index contributed by atoms with van der Waals surface area (Å²) in [5.74, 6) is 0.205. The molecule has 0 spiro atoms. The van der Waals surface area contributed by atoms with Gasteiger partial charge in [0.1, 0.15) is 0 Å². The molecular formula is C17H20N2O2S. The average Bonchev–Trinajstić information content (AvgIpc) is 3.06. The van der Waals surface area contributed by atoms with Crippen LogP contribution in [0.3, 0.4) is 0 Å². The number of hydrogen-bond donors (Lipinski definition) is 0. The molecule has 0 aliphatic carbocycles. The highest BCUT2D eigenvalue weighted by atomic mass is 32.1. The van der Waals surface area contributed by atoms with E-state index in [1.165, 1.54) is 15.0 Å². The van der Waals surface area contributed by atoms with Crippen LogP contribution in [-0.2, 0) is 16.1 Å². The standard InChI is InChI=1S/C17H20N2O2S/c1-18-14-10-19(11-15(14)21-7-6-17(18)20)9-13-8-12-4-2-3-5-16(12)22-13/h2-5,8,14-15H,6-7,9-11H2,1H3/t14-,15-/m0/s1. The zero-order chi connectivity index (χ0) is 15.1. The summed E-state index contributed by atoms with van der Waals surface area (Å²) >= 11 is 1.86. The van der Waals surface area contributed by atoms with Gasteiger partial charge in [-0.05, 0) is 17.5 Å². The van der Waals surface area contributed by atoms with E-state index < -0.39 is 0 Å². The lowest BCUT2D eigenvalue weighted by molar-refractivity contribution is -0.131. The van der Waals surface area contributed by atoms with Gasteiger partial charge < -0.3 is 9.64 Å². The van der Waals surface area contributed by atoms with Gasteiger partial charge in [0.2, 0.25) is 5.91 Å². The molecule has 2 aliphatic heterocycles. The molecule has 0 bridgehead atoms. The van der Waals surface area contributed by atoms with Crippen LogP contribution in [0, 0.1) is 0 Å². The fraction of sp³-hybridized carbons (Fsp3) is 0.471. The molecule has 0 N–H and O–H groups in total. The third kappa shape index (κ3) is 2.53. The van der Waals surface area contributed by atoms with Crippen LogP contribution in [0.1, 0.15) is 11.3 Å². The van der Waals surface area contributed by atoms with E-state index in [9.17, 15) is 4.79 Å². The van der Waals surface area contributed by atoms with E-state index in [-0.39, 0.29) is 18.1 Å². The Morgan fingerprint density at radius 2 is 2.18 bits per heavy atom. The number of benzene rings is 1. The maximum Gasteiger partial charge on any atom is 0.225 e. The van der Waals surface area contributed by atoms with Crippen molar-refractivity contribution in [1.82, 2.24) is 9.80 Å². The van der Waals surface area contributed by atoms with Gasteiger partial charge in [-0.3, -0.25) is 9.69 Å². The van der Waals surface area contributed by atoms with Gasteiger partial charge in [-0.2, -0.15) is 0 Å². The number of rotatable bonds is 2. The summed E-state index contributed by atoms with van der Waals surface area (Å²) in [5.41, 5.74) is 0. The molecule has 4 nitrogen and oxygen atoms in total. The molecule has 4 rings (SSSR count). The van der Waals surface area contributed by atoms with Crippen LogP contribution in [0.5, 0.6) is 0 Å². The molecule has 1 amide bonds. The molecule has 0 radical (unpaired) electrons. The number of amides is 1. The summed E-state index contributed by atoms with van der Waals surface area (Å²) in [6.45, 7) is 3.32. The topological polar surface area (TPSA) is 32.8 Å². The second-order valence-electron chi connectivity index (χ2n) is 6.18. The first-order valence-corrected chi connectivity index (χ1v) is 8.59. The number of carbonyl (C=O) groups is 1. The summed E-state index contributed by atoms with van der Waals surface area (Å²) < 4.78 is 7.24. The van der Waals surface area contributed by atoms with Gasteiger partial charge >= 0.3 is 0 Å². The second-order valence-corrected chi connectivity index (χ2v) is 7.34. The van der Waals surface area contributed by atoms with E-state index in [1.807, 2.05) is 23.3 Å². The van der Waals surface area contributed by atoms with Crippen molar-refractivity contribution >= 4 is 27.3 Å². The summed E-state index contributed by atoms with van der Waals surface area (Å²) in [4.78, 5) is 17.7. The molecule has 116 valence electrons. The Morgan fingerprint density at radius 3 is 3.05 bits per heavy atom. The van der Waals surface area contributed by atoms with Crippen molar-refractivity contribution in [3.63, 3.8) is 0 Å². The van der Waals surface area contributed by atoms with Crippen LogP contribution in [0.15, 0.2) is 30.3 Å². The molecule has 1 aromatic heterocycles. The van der Waals surface area contributed by atoms with Crippen LogP contribution >= 0.6 is 11.3 Å². The van der Waals surface area contributed by atoms with Crippen molar-refractivity contribution in [2.24, 2.45) is 0 Å². The number of fused-ring (bicyclic) bond motifs is 2. The van der Waals surface area contributed by atoms with Crippen molar-refractivity contribution in [3.05, 3.63) is 35.2 Å². The largest absolute Gasteiger partial charge is 0.374 e. The molecule has 2 saturated heterocycles. The minimum Gasteiger partial charge on any atom is -0.374 e. The van der Waals surface area contributed by atoms with E-state index in [0.717, 1.165) is 19.6 Å². The lowest BCUT2D eigenvalue weighted by atomic mass is 10.2. The molecule has 2 aliphatic rings. The summed E-state index contributed by atoms with van der Waals surface area (Å²) in [6, 6.07) is 11.0. The molecule has 2 fully saturated rings. The molecule has 1 aromatic carbocycles. The molecule has 2 aromatic rings. The highest BCUT2D eigenvalue weighted by molar-refractivity contribution is 7.19. The van der Waals surface area contributed by atoms with E-state index >= 15 is 0 Å². The number of likely N-dealkylation sites (tertiary alicyclic amines) is 1. The van der Waals surface area contributed by atoms with Crippen molar-refractivity contribution in [1.29, 1.82) is 0 Å². The number of hydrogen-bond acceptors (Lipinski definition) is 4. The number of carbonyl (C=O) groups excluding carboxylic acids is 1. The molecular weight excluding hydrogens is 296 g/mol. The van der Waals surface area contributed by atoms with E-state index in [1.54, 1.807) is 0 Å². The predicted octanol–water partition coefficient (Wildman–Crippen LogP) is 2.33. The number of thiophene rings is 1. The monoisotopic (exact) mass is 316 g/mol. The zero-order valence-corrected chi connectivity index (χ0v) is 13.5. The predicted molar refractivity (Wildman–Crippen MR) is 88.0 cm³/mol. The third-order valence-electron chi connectivity index (χ3n) is 4.71. The van der Waals surface area contributed by atoms with Gasteiger partial charge in [0.15, 0.2) is 0 Å². The third-order valence-corrected chi connectivity index (χ3v) is 5.81. The van der Waals surface area contributed by atoms with Crippen LogP contribution in [0.25, 0.3) is 10.1 Å². The van der Waals surface area contributed by atoms with Crippen molar-refractivity contribution in [2.75, 3.05) is 26.7 Å².